The Morgan fingerprint density at radius 1 is 1.26 bits per heavy atom. The van der Waals surface area contributed by atoms with Crippen LogP contribution in [0, 0.1) is 0 Å². The molecule has 0 radical (unpaired) electrons. The number of nitrogens with zero attached hydrogens (tertiary/aromatic N) is 1. The molecule has 0 spiro atoms. The van der Waals surface area contributed by atoms with Gasteiger partial charge in [-0.1, -0.05) is 35.3 Å². The number of rotatable bonds is 2. The molecule has 1 unspecified atom stereocenters. The number of fused-ring (bicyclic) bond motifs is 1. The Morgan fingerprint density at radius 2 is 2.11 bits per heavy atom. The molecule has 100 valence electrons. The van der Waals surface area contributed by atoms with Crippen LogP contribution in [0.25, 0.3) is 0 Å². The predicted octanol–water partition coefficient (Wildman–Crippen LogP) is 4.18. The van der Waals surface area contributed by atoms with Crippen LogP contribution < -0.4 is 5.73 Å². The molecule has 2 nitrogen and oxygen atoms in total. The van der Waals surface area contributed by atoms with Gasteiger partial charge in [-0.25, -0.2) is 0 Å². The van der Waals surface area contributed by atoms with Crippen molar-refractivity contribution in [3.8, 4) is 0 Å². The number of hydrogen-bond donors (Lipinski definition) is 1. The molecule has 0 saturated carbocycles. The van der Waals surface area contributed by atoms with E-state index in [-0.39, 0.29) is 6.04 Å². The highest BCUT2D eigenvalue weighted by molar-refractivity contribution is 6.42. The molecule has 1 aliphatic carbocycles. The molecule has 0 fully saturated rings. The van der Waals surface area contributed by atoms with Gasteiger partial charge in [0.2, 0.25) is 0 Å². The third kappa shape index (κ3) is 2.53. The molecule has 1 atom stereocenters. The SMILES string of the molecule is NC1CCCc2cn(Cc3cccc(Cl)c3Cl)cc21. The Bertz CT molecular complexity index is 604. The average Bonchev–Trinajstić information content (AvgIpc) is 2.79. The highest BCUT2D eigenvalue weighted by Crippen LogP contribution is 2.30. The molecule has 0 amide bonds. The largest absolute Gasteiger partial charge is 0.349 e. The van der Waals surface area contributed by atoms with Crippen molar-refractivity contribution in [3.05, 3.63) is 57.3 Å². The van der Waals surface area contributed by atoms with Crippen LogP contribution in [0.2, 0.25) is 10.0 Å². The number of hydrogen-bond acceptors (Lipinski definition) is 1. The van der Waals surface area contributed by atoms with Gasteiger partial charge < -0.3 is 10.3 Å². The van der Waals surface area contributed by atoms with Crippen molar-refractivity contribution >= 4 is 23.2 Å². The molecular weight excluding hydrogens is 279 g/mol. The van der Waals surface area contributed by atoms with E-state index in [0.29, 0.717) is 10.0 Å². The predicted molar refractivity (Wildman–Crippen MR) is 79.9 cm³/mol. The van der Waals surface area contributed by atoms with Gasteiger partial charge in [0.1, 0.15) is 0 Å². The number of halogens is 2. The first kappa shape index (κ1) is 13.0. The van der Waals surface area contributed by atoms with Gasteiger partial charge in [-0.2, -0.15) is 0 Å². The lowest BCUT2D eigenvalue weighted by molar-refractivity contribution is 0.573. The molecule has 1 aliphatic rings. The molecule has 3 rings (SSSR count). The van der Waals surface area contributed by atoms with Gasteiger partial charge in [0.15, 0.2) is 0 Å². The molecule has 4 heteroatoms. The molecule has 1 aromatic heterocycles. The maximum absolute atomic E-state index is 6.23. The van der Waals surface area contributed by atoms with E-state index in [1.54, 1.807) is 0 Å². The van der Waals surface area contributed by atoms with Crippen LogP contribution in [0.3, 0.4) is 0 Å². The summed E-state index contributed by atoms with van der Waals surface area (Å²) in [6, 6.07) is 5.93. The first-order valence-corrected chi connectivity index (χ1v) is 7.28. The Morgan fingerprint density at radius 3 is 2.89 bits per heavy atom. The molecule has 0 saturated heterocycles. The van der Waals surface area contributed by atoms with Crippen molar-refractivity contribution < 1.29 is 0 Å². The number of aryl methyl sites for hydroxylation is 1. The summed E-state index contributed by atoms with van der Waals surface area (Å²) in [5, 5.41) is 1.24. The zero-order valence-corrected chi connectivity index (χ0v) is 12.1. The maximum atomic E-state index is 6.23. The number of aromatic nitrogens is 1. The molecule has 0 aliphatic heterocycles. The van der Waals surface area contributed by atoms with Crippen molar-refractivity contribution in [3.63, 3.8) is 0 Å². The molecule has 2 aromatic rings. The standard InChI is InChI=1S/C15H16Cl2N2/c16-13-5-1-4-11(15(13)17)8-19-7-10-3-2-6-14(18)12(10)9-19/h1,4-5,7,9,14H,2-3,6,8,18H2. The molecule has 0 bridgehead atoms. The van der Waals surface area contributed by atoms with Gasteiger partial charge in [-0.05, 0) is 42.0 Å². The molecule has 1 aromatic carbocycles. The fourth-order valence-electron chi connectivity index (χ4n) is 2.74. The van der Waals surface area contributed by atoms with Crippen molar-refractivity contribution in [1.29, 1.82) is 0 Å². The highest BCUT2D eigenvalue weighted by Gasteiger charge is 2.19. The summed E-state index contributed by atoms with van der Waals surface area (Å²) in [5.74, 6) is 0. The Labute approximate surface area is 123 Å². The van der Waals surface area contributed by atoms with Crippen LogP contribution in [0.5, 0.6) is 0 Å². The number of nitrogens with two attached hydrogens (primary N) is 1. The summed E-state index contributed by atoms with van der Waals surface area (Å²) in [6.45, 7) is 0.735. The topological polar surface area (TPSA) is 30.9 Å². The lowest BCUT2D eigenvalue weighted by Crippen LogP contribution is -2.15. The summed E-state index contributed by atoms with van der Waals surface area (Å²) >= 11 is 12.3. The summed E-state index contributed by atoms with van der Waals surface area (Å²) in [4.78, 5) is 0. The van der Waals surface area contributed by atoms with Crippen molar-refractivity contribution in [2.45, 2.75) is 31.8 Å². The Kier molecular flexibility index (Phi) is 3.57. The zero-order chi connectivity index (χ0) is 13.4. The van der Waals surface area contributed by atoms with Crippen molar-refractivity contribution in [2.75, 3.05) is 0 Å². The summed E-state index contributed by atoms with van der Waals surface area (Å²) < 4.78 is 2.16. The van der Waals surface area contributed by atoms with E-state index in [1.807, 2.05) is 18.2 Å². The fourth-order valence-corrected chi connectivity index (χ4v) is 3.12. The van der Waals surface area contributed by atoms with Crippen molar-refractivity contribution in [2.24, 2.45) is 5.73 Å². The van der Waals surface area contributed by atoms with Gasteiger partial charge >= 0.3 is 0 Å². The van der Waals surface area contributed by atoms with Crippen LogP contribution in [-0.2, 0) is 13.0 Å². The average molecular weight is 295 g/mol. The summed E-state index contributed by atoms with van der Waals surface area (Å²) in [6.07, 6.45) is 7.71. The molecule has 1 heterocycles. The molecule has 2 N–H and O–H groups in total. The highest BCUT2D eigenvalue weighted by atomic mass is 35.5. The quantitative estimate of drug-likeness (QED) is 0.885. The van der Waals surface area contributed by atoms with E-state index in [1.165, 1.54) is 17.5 Å². The second-order valence-electron chi connectivity index (χ2n) is 5.12. The van der Waals surface area contributed by atoms with Gasteiger partial charge in [0, 0.05) is 25.0 Å². The third-order valence-corrected chi connectivity index (χ3v) is 4.60. The summed E-state index contributed by atoms with van der Waals surface area (Å²) in [5.41, 5.74) is 9.84. The van der Waals surface area contributed by atoms with Crippen LogP contribution >= 0.6 is 23.2 Å². The fraction of sp³-hybridized carbons (Fsp3) is 0.333. The minimum absolute atomic E-state index is 0.180. The van der Waals surface area contributed by atoms with E-state index in [4.69, 9.17) is 28.9 Å². The van der Waals surface area contributed by atoms with Crippen LogP contribution in [-0.4, -0.2) is 4.57 Å². The lowest BCUT2D eigenvalue weighted by atomic mass is 9.92. The van der Waals surface area contributed by atoms with Gasteiger partial charge in [0.05, 0.1) is 10.0 Å². The maximum Gasteiger partial charge on any atom is 0.0642 e. The Hall–Kier alpha value is -0.960. The minimum Gasteiger partial charge on any atom is -0.349 e. The Balaban J connectivity index is 1.90. The first-order valence-electron chi connectivity index (χ1n) is 6.52. The van der Waals surface area contributed by atoms with E-state index in [9.17, 15) is 0 Å². The van der Waals surface area contributed by atoms with Gasteiger partial charge in [0.25, 0.3) is 0 Å². The van der Waals surface area contributed by atoms with Crippen LogP contribution in [0.15, 0.2) is 30.6 Å². The lowest BCUT2D eigenvalue weighted by Gasteiger charge is -2.17. The first-order chi connectivity index (χ1) is 9.15. The smallest absolute Gasteiger partial charge is 0.0642 e. The van der Waals surface area contributed by atoms with E-state index in [2.05, 4.69) is 17.0 Å². The van der Waals surface area contributed by atoms with Crippen LogP contribution in [0.4, 0.5) is 0 Å². The minimum atomic E-state index is 0.180. The van der Waals surface area contributed by atoms with E-state index >= 15 is 0 Å². The van der Waals surface area contributed by atoms with Gasteiger partial charge in [-0.3, -0.25) is 0 Å². The summed E-state index contributed by atoms with van der Waals surface area (Å²) in [7, 11) is 0. The second-order valence-corrected chi connectivity index (χ2v) is 5.91. The molecular formula is C15H16Cl2N2. The van der Waals surface area contributed by atoms with E-state index < -0.39 is 0 Å². The van der Waals surface area contributed by atoms with Crippen molar-refractivity contribution in [1.82, 2.24) is 4.57 Å². The second kappa shape index (κ2) is 5.20. The van der Waals surface area contributed by atoms with Gasteiger partial charge in [-0.15, -0.1) is 0 Å². The normalized spacial score (nSPS) is 18.4. The number of benzene rings is 1. The third-order valence-electron chi connectivity index (χ3n) is 3.74. The van der Waals surface area contributed by atoms with E-state index in [0.717, 1.165) is 24.9 Å². The van der Waals surface area contributed by atoms with Crippen LogP contribution in [0.1, 0.15) is 35.6 Å². The molecule has 19 heavy (non-hydrogen) atoms. The monoisotopic (exact) mass is 294 g/mol. The zero-order valence-electron chi connectivity index (χ0n) is 10.6.